The van der Waals surface area contributed by atoms with E-state index < -0.39 is 5.82 Å². The van der Waals surface area contributed by atoms with Gasteiger partial charge in [-0.05, 0) is 25.2 Å². The second kappa shape index (κ2) is 12.4. The number of carbonyl (C=O) groups excluding carboxylic acids is 1. The molecule has 0 aliphatic carbocycles. The summed E-state index contributed by atoms with van der Waals surface area (Å²) in [6.07, 6.45) is 0.0892. The molecule has 1 amide bonds. The van der Waals surface area contributed by atoms with Crippen LogP contribution in [0, 0.1) is 26.6 Å². The molecule has 0 aliphatic heterocycles. The minimum absolute atomic E-state index is 0. The van der Waals surface area contributed by atoms with E-state index in [1.54, 1.807) is 6.07 Å². The van der Waals surface area contributed by atoms with Gasteiger partial charge in [0, 0.05) is 4.47 Å². The first-order valence-electron chi connectivity index (χ1n) is 5.75. The van der Waals surface area contributed by atoms with Crippen molar-refractivity contribution in [3.63, 3.8) is 0 Å². The normalized spacial score (nSPS) is 9.35. The molecule has 0 radical (unpaired) electrons. The average molecular weight is 337 g/mol. The van der Waals surface area contributed by atoms with Gasteiger partial charge in [-0.3, -0.25) is 4.79 Å². The molecule has 1 aromatic rings. The Hall–Kier alpha value is -0.343. The first-order chi connectivity index (χ1) is 8.94. The minimum atomic E-state index is -0.454. The summed E-state index contributed by atoms with van der Waals surface area (Å²) >= 11 is 3.17. The van der Waals surface area contributed by atoms with Crippen LogP contribution in [-0.2, 0) is 4.79 Å². The van der Waals surface area contributed by atoms with Crippen LogP contribution in [0.2, 0.25) is 0 Å². The fraction of sp³-hybridized carbons (Fsp3) is 0.286. The third kappa shape index (κ3) is 9.54. The molecule has 6 heteroatoms. The van der Waals surface area contributed by atoms with Gasteiger partial charge in [0.05, 0.1) is 5.69 Å². The van der Waals surface area contributed by atoms with Gasteiger partial charge in [0.1, 0.15) is 5.82 Å². The number of nitrogens with one attached hydrogen (secondary N) is 1. The van der Waals surface area contributed by atoms with Gasteiger partial charge < -0.3 is 31.0 Å². The van der Waals surface area contributed by atoms with Crippen molar-refractivity contribution in [2.45, 2.75) is 6.42 Å². The van der Waals surface area contributed by atoms with Gasteiger partial charge in [-0.1, -0.05) is 15.9 Å². The van der Waals surface area contributed by atoms with E-state index >= 15 is 0 Å². The van der Waals surface area contributed by atoms with Crippen molar-refractivity contribution >= 4 is 27.5 Å². The van der Waals surface area contributed by atoms with Crippen LogP contribution >= 0.6 is 15.9 Å². The van der Waals surface area contributed by atoms with E-state index in [9.17, 15) is 9.18 Å². The molecule has 0 aromatic heterocycles. The second-order valence-electron chi connectivity index (χ2n) is 3.73. The first-order valence-corrected chi connectivity index (χ1v) is 6.55. The molecule has 0 saturated carbocycles. The maximum Gasteiger partial charge on any atom is 1.00 e. The van der Waals surface area contributed by atoms with Crippen molar-refractivity contribution < 1.29 is 28.0 Å². The van der Waals surface area contributed by atoms with Crippen molar-refractivity contribution in [2.24, 2.45) is 0 Å². The zero-order valence-corrected chi connectivity index (χ0v) is 13.7. The van der Waals surface area contributed by atoms with E-state index in [0.717, 1.165) is 13.1 Å². The fourth-order valence-corrected chi connectivity index (χ4v) is 1.28. The Bertz CT molecular complexity index is 401. The summed E-state index contributed by atoms with van der Waals surface area (Å²) in [7, 11) is 1.99. The van der Waals surface area contributed by atoms with Crippen LogP contribution in [-0.4, -0.2) is 30.9 Å². The number of benzene rings is 1. The number of carbonyl (C=O) groups is 1. The fourth-order valence-electron chi connectivity index (χ4n) is 0.918. The average Bonchev–Trinajstić information content (AvgIpc) is 2.42. The standard InChI is InChI=1S/C9H8BrFNO.C5H11N.Li/c1-2-9(13)12-8-5-6(10)3-4-7(8)11;1-4-6(3)5-2;/h3-5H,1-2H2,(H,12,13);1-2,4-5H2,3H3;/q-1;-2;+1. The van der Waals surface area contributed by atoms with Crippen LogP contribution in [0.4, 0.5) is 10.1 Å². The Kier molecular flexibility index (Phi) is 13.6. The van der Waals surface area contributed by atoms with Crippen LogP contribution in [0.1, 0.15) is 6.42 Å². The Balaban J connectivity index is 0. The third-order valence-electron chi connectivity index (χ3n) is 2.19. The second-order valence-corrected chi connectivity index (χ2v) is 4.64. The number of amides is 1. The van der Waals surface area contributed by atoms with Crippen molar-refractivity contribution in [2.75, 3.05) is 25.5 Å². The Labute approximate surface area is 141 Å². The molecular weight excluding hydrogens is 318 g/mol. The molecule has 108 valence electrons. The molecule has 0 aliphatic rings. The Morgan fingerprint density at radius 2 is 1.90 bits per heavy atom. The summed E-state index contributed by atoms with van der Waals surface area (Å²) in [6.45, 7) is 12.4. The van der Waals surface area contributed by atoms with Gasteiger partial charge in [0.2, 0.25) is 0 Å². The quantitative estimate of drug-likeness (QED) is 0.635. The van der Waals surface area contributed by atoms with Crippen molar-refractivity contribution in [1.29, 1.82) is 0 Å². The molecule has 0 atom stereocenters. The molecule has 0 unspecified atom stereocenters. The van der Waals surface area contributed by atoms with Crippen LogP contribution in [0.3, 0.4) is 0 Å². The number of anilines is 1. The van der Waals surface area contributed by atoms with E-state index in [1.165, 1.54) is 12.1 Å². The van der Waals surface area contributed by atoms with E-state index in [0.29, 0.717) is 4.47 Å². The molecule has 0 bridgehead atoms. The third-order valence-corrected chi connectivity index (χ3v) is 2.69. The number of nitrogens with zero attached hydrogens (tertiary/aromatic N) is 1. The number of hydrogen-bond acceptors (Lipinski definition) is 2. The SMILES string of the molecule is [CH2-]CC(=O)Nc1cc(Br)ccc1F.[CH2-]CN(C)C[CH2-].[Li+]. The number of halogens is 2. The topological polar surface area (TPSA) is 32.3 Å². The molecule has 1 aromatic carbocycles. The zero-order chi connectivity index (χ0) is 14.8. The smallest absolute Gasteiger partial charge is 0.365 e. The summed E-state index contributed by atoms with van der Waals surface area (Å²) in [6, 6.07) is 4.35. The molecule has 20 heavy (non-hydrogen) atoms. The summed E-state index contributed by atoms with van der Waals surface area (Å²) < 4.78 is 13.7. The van der Waals surface area contributed by atoms with E-state index in [2.05, 4.69) is 42.0 Å². The predicted molar refractivity (Wildman–Crippen MR) is 80.9 cm³/mol. The zero-order valence-electron chi connectivity index (χ0n) is 12.1. The Morgan fingerprint density at radius 3 is 2.30 bits per heavy atom. The van der Waals surface area contributed by atoms with Crippen molar-refractivity contribution in [3.05, 3.63) is 49.3 Å². The van der Waals surface area contributed by atoms with Gasteiger partial charge >= 0.3 is 18.9 Å². The summed E-state index contributed by atoms with van der Waals surface area (Å²) in [5.74, 6) is -0.762. The van der Waals surface area contributed by atoms with Crippen LogP contribution < -0.4 is 24.2 Å². The summed E-state index contributed by atoms with van der Waals surface area (Å²) in [4.78, 5) is 12.9. The monoisotopic (exact) mass is 336 g/mol. The van der Waals surface area contributed by atoms with Gasteiger partial charge in [-0.25, -0.2) is 4.39 Å². The molecule has 0 spiro atoms. The first kappa shape index (κ1) is 21.9. The molecule has 3 nitrogen and oxygen atoms in total. The summed E-state index contributed by atoms with van der Waals surface area (Å²) in [5.41, 5.74) is 0.169. The van der Waals surface area contributed by atoms with Crippen molar-refractivity contribution in [1.82, 2.24) is 4.90 Å². The van der Waals surface area contributed by atoms with E-state index in [-0.39, 0.29) is 36.9 Å². The number of hydrogen-bond donors (Lipinski definition) is 1. The largest absolute Gasteiger partial charge is 1.00 e. The molecular formula is C14H19BrFLiN2O-2. The van der Waals surface area contributed by atoms with Gasteiger partial charge in [-0.15, -0.1) is 19.5 Å². The Morgan fingerprint density at radius 1 is 1.35 bits per heavy atom. The molecule has 0 heterocycles. The maximum atomic E-state index is 13.0. The van der Waals surface area contributed by atoms with Gasteiger partial charge in [-0.2, -0.15) is 0 Å². The van der Waals surface area contributed by atoms with E-state index in [1.807, 2.05) is 11.9 Å². The van der Waals surface area contributed by atoms with Gasteiger partial charge in [0.15, 0.2) is 5.91 Å². The van der Waals surface area contributed by atoms with Crippen LogP contribution in [0.15, 0.2) is 22.7 Å². The van der Waals surface area contributed by atoms with Crippen molar-refractivity contribution in [3.8, 4) is 0 Å². The molecule has 1 N–H and O–H groups in total. The van der Waals surface area contributed by atoms with E-state index in [4.69, 9.17) is 0 Å². The molecule has 0 fully saturated rings. The molecule has 0 saturated heterocycles. The van der Waals surface area contributed by atoms with Crippen LogP contribution in [0.5, 0.6) is 0 Å². The van der Waals surface area contributed by atoms with Crippen LogP contribution in [0.25, 0.3) is 0 Å². The predicted octanol–water partition coefficient (Wildman–Crippen LogP) is 0.341. The minimum Gasteiger partial charge on any atom is -0.365 e. The van der Waals surface area contributed by atoms with Gasteiger partial charge in [0.25, 0.3) is 0 Å². The number of rotatable bonds is 4. The summed E-state index contributed by atoms with van der Waals surface area (Å²) in [5, 5.41) is 2.39. The maximum absolute atomic E-state index is 13.0. The molecule has 1 rings (SSSR count).